The number of alkyl halides is 2. The standard InChI is InChI=1S/C13H21F2NOSSi/c1-13(2,3)19(4,5)16-18(17,12(14)15)11-9-7-6-8-10-11/h6-10,12H,1-5H3. The van der Waals surface area contributed by atoms with Gasteiger partial charge in [-0.2, -0.15) is 8.78 Å². The summed E-state index contributed by atoms with van der Waals surface area (Å²) in [6.07, 6.45) is 0. The van der Waals surface area contributed by atoms with Crippen LogP contribution >= 0.6 is 0 Å². The highest BCUT2D eigenvalue weighted by Gasteiger charge is 2.39. The Morgan fingerprint density at radius 1 is 1.16 bits per heavy atom. The van der Waals surface area contributed by atoms with E-state index in [0.717, 1.165) is 0 Å². The summed E-state index contributed by atoms with van der Waals surface area (Å²) in [4.78, 5) is 0.120. The summed E-state index contributed by atoms with van der Waals surface area (Å²) in [5, 5.41) is -0.223. The van der Waals surface area contributed by atoms with E-state index >= 15 is 0 Å². The first-order chi connectivity index (χ1) is 8.51. The number of hydrogen-bond donors (Lipinski definition) is 0. The highest BCUT2D eigenvalue weighted by atomic mass is 32.2. The second-order valence-corrected chi connectivity index (χ2v) is 13.4. The Hall–Kier alpha value is -0.753. The van der Waals surface area contributed by atoms with Crippen LogP contribution in [0.2, 0.25) is 18.1 Å². The van der Waals surface area contributed by atoms with Gasteiger partial charge in [-0.1, -0.05) is 39.0 Å². The topological polar surface area (TPSA) is 29.4 Å². The first kappa shape index (κ1) is 16.3. The molecule has 2 nitrogen and oxygen atoms in total. The molecular weight excluding hydrogens is 284 g/mol. The van der Waals surface area contributed by atoms with E-state index < -0.39 is 23.7 Å². The lowest BCUT2D eigenvalue weighted by Crippen LogP contribution is -2.37. The second-order valence-electron chi connectivity index (χ2n) is 6.04. The normalized spacial score (nSPS) is 16.2. The van der Waals surface area contributed by atoms with Gasteiger partial charge < -0.3 is 0 Å². The summed E-state index contributed by atoms with van der Waals surface area (Å²) in [6.45, 7) is 9.62. The molecule has 0 heterocycles. The van der Waals surface area contributed by atoms with Crippen LogP contribution < -0.4 is 0 Å². The minimum atomic E-state index is -3.67. The van der Waals surface area contributed by atoms with E-state index in [1.54, 1.807) is 18.2 Å². The van der Waals surface area contributed by atoms with Gasteiger partial charge in [-0.25, -0.2) is 4.21 Å². The lowest BCUT2D eigenvalue weighted by atomic mass is 10.2. The van der Waals surface area contributed by atoms with Crippen LogP contribution in [0.5, 0.6) is 0 Å². The zero-order valence-corrected chi connectivity index (χ0v) is 13.8. The molecule has 0 aliphatic heterocycles. The van der Waals surface area contributed by atoms with Crippen molar-refractivity contribution in [2.45, 2.75) is 49.6 Å². The predicted octanol–water partition coefficient (Wildman–Crippen LogP) is 4.74. The van der Waals surface area contributed by atoms with Crippen LogP contribution in [-0.2, 0) is 9.73 Å². The maximum Gasteiger partial charge on any atom is 0.322 e. The van der Waals surface area contributed by atoms with Gasteiger partial charge in [0, 0.05) is 0 Å². The maximum atomic E-state index is 13.3. The highest BCUT2D eigenvalue weighted by Crippen LogP contribution is 2.39. The number of benzene rings is 1. The second kappa shape index (κ2) is 5.32. The van der Waals surface area contributed by atoms with Crippen LogP contribution in [0.1, 0.15) is 20.8 Å². The van der Waals surface area contributed by atoms with E-state index in [-0.39, 0.29) is 9.93 Å². The van der Waals surface area contributed by atoms with Crippen molar-refractivity contribution in [1.29, 1.82) is 0 Å². The molecule has 0 spiro atoms. The van der Waals surface area contributed by atoms with Crippen molar-refractivity contribution in [3.8, 4) is 0 Å². The molecule has 1 aromatic rings. The Morgan fingerprint density at radius 2 is 1.63 bits per heavy atom. The van der Waals surface area contributed by atoms with E-state index in [0.29, 0.717) is 0 Å². The molecule has 0 aromatic heterocycles. The van der Waals surface area contributed by atoms with Gasteiger partial charge in [0.05, 0.1) is 4.90 Å². The van der Waals surface area contributed by atoms with Crippen molar-refractivity contribution in [3.05, 3.63) is 30.3 Å². The molecule has 0 amide bonds. The van der Waals surface area contributed by atoms with Crippen molar-refractivity contribution in [2.24, 2.45) is 4.03 Å². The number of halogens is 2. The number of rotatable bonds is 3. The molecule has 108 valence electrons. The van der Waals surface area contributed by atoms with Gasteiger partial charge in [-0.3, -0.25) is 4.03 Å². The predicted molar refractivity (Wildman–Crippen MR) is 78.5 cm³/mol. The molecule has 19 heavy (non-hydrogen) atoms. The first-order valence-corrected chi connectivity index (χ1v) is 10.6. The van der Waals surface area contributed by atoms with E-state index in [9.17, 15) is 13.0 Å². The summed E-state index contributed by atoms with van der Waals surface area (Å²) < 4.78 is 43.5. The lowest BCUT2D eigenvalue weighted by molar-refractivity contribution is 0.241. The fourth-order valence-corrected chi connectivity index (χ4v) is 6.59. The van der Waals surface area contributed by atoms with Crippen molar-refractivity contribution < 1.29 is 13.0 Å². The van der Waals surface area contributed by atoms with E-state index in [2.05, 4.69) is 4.03 Å². The lowest BCUT2D eigenvalue weighted by Gasteiger charge is -2.33. The third-order valence-corrected chi connectivity index (χ3v) is 11.5. The zero-order chi connectivity index (χ0) is 14.9. The fourth-order valence-electron chi connectivity index (χ4n) is 1.29. The molecule has 0 fully saturated rings. The van der Waals surface area contributed by atoms with Crippen LogP contribution in [0.25, 0.3) is 0 Å². The van der Waals surface area contributed by atoms with Crippen LogP contribution in [0.3, 0.4) is 0 Å². The van der Waals surface area contributed by atoms with Gasteiger partial charge in [-0.15, -0.1) is 0 Å². The van der Waals surface area contributed by atoms with E-state index in [1.807, 2.05) is 33.9 Å². The smallest absolute Gasteiger partial charge is 0.269 e. The van der Waals surface area contributed by atoms with Crippen molar-refractivity contribution >= 4 is 18.0 Å². The average Bonchev–Trinajstić information content (AvgIpc) is 2.27. The molecular formula is C13H21F2NOSSi. The Balaban J connectivity index is 3.51. The third-order valence-electron chi connectivity index (χ3n) is 3.52. The van der Waals surface area contributed by atoms with Crippen LogP contribution in [-0.4, -0.2) is 18.2 Å². The molecule has 1 rings (SSSR count). The van der Waals surface area contributed by atoms with Crippen molar-refractivity contribution in [3.63, 3.8) is 0 Å². The van der Waals surface area contributed by atoms with Gasteiger partial charge in [0.25, 0.3) is 0 Å². The zero-order valence-electron chi connectivity index (χ0n) is 12.0. The molecule has 0 bridgehead atoms. The van der Waals surface area contributed by atoms with Crippen molar-refractivity contribution in [1.82, 2.24) is 0 Å². The number of hydrogen-bond acceptors (Lipinski definition) is 2. The van der Waals surface area contributed by atoms with Crippen LogP contribution in [0.4, 0.5) is 8.78 Å². The largest absolute Gasteiger partial charge is 0.322 e. The summed E-state index contributed by atoms with van der Waals surface area (Å²) in [5.41, 5.74) is 0. The van der Waals surface area contributed by atoms with Gasteiger partial charge in [-0.05, 0) is 30.3 Å². The first-order valence-electron chi connectivity index (χ1n) is 6.11. The monoisotopic (exact) mass is 305 g/mol. The summed E-state index contributed by atoms with van der Waals surface area (Å²) >= 11 is 0. The molecule has 0 N–H and O–H groups in total. The summed E-state index contributed by atoms with van der Waals surface area (Å²) in [6, 6.07) is 7.86. The molecule has 0 radical (unpaired) electrons. The van der Waals surface area contributed by atoms with E-state index in [4.69, 9.17) is 0 Å². The molecule has 6 heteroatoms. The SMILES string of the molecule is CC(C)(C)[Si](C)(C)N=S(=O)(c1ccccc1)C(F)F. The van der Waals surface area contributed by atoms with Gasteiger partial charge in [0.1, 0.15) is 9.73 Å². The molecule has 0 saturated carbocycles. The number of nitrogens with zero attached hydrogens (tertiary/aromatic N) is 1. The molecule has 0 aliphatic carbocycles. The Morgan fingerprint density at radius 3 is 2.00 bits per heavy atom. The van der Waals surface area contributed by atoms with E-state index in [1.165, 1.54) is 12.1 Å². The third kappa shape index (κ3) is 3.42. The minimum Gasteiger partial charge on any atom is -0.269 e. The maximum absolute atomic E-state index is 13.3. The van der Waals surface area contributed by atoms with Gasteiger partial charge >= 0.3 is 5.76 Å². The molecule has 1 aromatic carbocycles. The summed E-state index contributed by atoms with van der Waals surface area (Å²) in [5.74, 6) is -2.97. The highest BCUT2D eigenvalue weighted by molar-refractivity contribution is 7.94. The average molecular weight is 305 g/mol. The van der Waals surface area contributed by atoms with Gasteiger partial charge in [0.2, 0.25) is 0 Å². The van der Waals surface area contributed by atoms with Crippen molar-refractivity contribution in [2.75, 3.05) is 0 Å². The molecule has 0 aliphatic rings. The van der Waals surface area contributed by atoms with Crippen LogP contribution in [0, 0.1) is 0 Å². The van der Waals surface area contributed by atoms with Crippen LogP contribution in [0.15, 0.2) is 39.3 Å². The minimum absolute atomic E-state index is 0.120. The Labute approximate surface area is 115 Å². The molecule has 1 atom stereocenters. The molecule has 1 unspecified atom stereocenters. The fraction of sp³-hybridized carbons (Fsp3) is 0.538. The quantitative estimate of drug-likeness (QED) is 0.742. The Kier molecular flexibility index (Phi) is 4.57. The molecule has 0 saturated heterocycles. The van der Waals surface area contributed by atoms with Gasteiger partial charge in [0.15, 0.2) is 8.24 Å². The Bertz CT molecular complexity index is 544. The summed E-state index contributed by atoms with van der Waals surface area (Å²) in [7, 11) is -6.09.